The number of benzene rings is 1. The zero-order chi connectivity index (χ0) is 33.4. The van der Waals surface area contributed by atoms with E-state index >= 15 is 0 Å². The summed E-state index contributed by atoms with van der Waals surface area (Å²) >= 11 is 0. The molecule has 1 N–H and O–H groups in total. The highest BCUT2D eigenvalue weighted by atomic mass is 19.1. The lowest BCUT2D eigenvalue weighted by Gasteiger charge is -2.22. The zero-order valence-corrected chi connectivity index (χ0v) is 27.6. The molecule has 1 saturated heterocycles. The summed E-state index contributed by atoms with van der Waals surface area (Å²) in [5, 5.41) is 9.55. The van der Waals surface area contributed by atoms with Crippen LogP contribution in [0.4, 0.5) is 4.39 Å². The van der Waals surface area contributed by atoms with Crippen molar-refractivity contribution in [3.8, 4) is 17.3 Å². The Kier molecular flexibility index (Phi) is 9.48. The second kappa shape index (κ2) is 13.9. The second-order valence-corrected chi connectivity index (χ2v) is 13.7. The number of imidazole rings is 1. The van der Waals surface area contributed by atoms with Crippen molar-refractivity contribution in [3.63, 3.8) is 0 Å². The van der Waals surface area contributed by atoms with Crippen LogP contribution in [0, 0.1) is 17.8 Å². The molecule has 4 aromatic rings. The van der Waals surface area contributed by atoms with Crippen LogP contribution in [0.2, 0.25) is 0 Å². The van der Waals surface area contributed by atoms with Crippen LogP contribution in [0.5, 0.6) is 5.88 Å². The molecule has 3 aromatic heterocycles. The largest absolute Gasteiger partial charge is 0.477 e. The van der Waals surface area contributed by atoms with Crippen molar-refractivity contribution >= 4 is 11.2 Å². The van der Waals surface area contributed by atoms with Crippen molar-refractivity contribution in [1.82, 2.24) is 23.7 Å². The van der Waals surface area contributed by atoms with Gasteiger partial charge >= 0.3 is 5.69 Å². The predicted octanol–water partition coefficient (Wildman–Crippen LogP) is 5.01. The molecule has 48 heavy (non-hydrogen) atoms. The van der Waals surface area contributed by atoms with Crippen LogP contribution < -0.4 is 16.0 Å². The average molecular weight is 662 g/mol. The first-order valence-corrected chi connectivity index (χ1v) is 17.3. The lowest BCUT2D eigenvalue weighted by Crippen LogP contribution is -2.41. The number of aromatic nitrogens is 5. The molecule has 3 atom stereocenters. The van der Waals surface area contributed by atoms with Crippen molar-refractivity contribution in [3.05, 3.63) is 74.3 Å². The fourth-order valence-corrected chi connectivity index (χ4v) is 6.65. The van der Waals surface area contributed by atoms with Gasteiger partial charge in [0.15, 0.2) is 17.5 Å². The maximum Gasteiger partial charge on any atom is 0.332 e. The summed E-state index contributed by atoms with van der Waals surface area (Å²) in [7, 11) is 0. The SMILES string of the molecule is CC(C)n1c(=O)n(CCCOC2CCCCO2)c(=O)c2c1nc(-c1ccc(F)nc1OCC1CC1)n2Cc1ccc(C2CC2CO)cc1. The van der Waals surface area contributed by atoms with Gasteiger partial charge in [0, 0.05) is 32.3 Å². The molecule has 11 nitrogen and oxygen atoms in total. The highest BCUT2D eigenvalue weighted by Gasteiger charge is 2.37. The Balaban J connectivity index is 1.31. The van der Waals surface area contributed by atoms with Crippen molar-refractivity contribution in [2.75, 3.05) is 26.4 Å². The normalized spacial score (nSPS) is 20.9. The van der Waals surface area contributed by atoms with E-state index in [4.69, 9.17) is 19.2 Å². The van der Waals surface area contributed by atoms with Crippen LogP contribution in [-0.2, 0) is 22.6 Å². The number of pyridine rings is 1. The first kappa shape index (κ1) is 32.7. The van der Waals surface area contributed by atoms with E-state index in [1.165, 1.54) is 16.2 Å². The second-order valence-electron chi connectivity index (χ2n) is 13.7. The number of fused-ring (bicyclic) bond motifs is 1. The van der Waals surface area contributed by atoms with E-state index in [0.717, 1.165) is 44.1 Å². The van der Waals surface area contributed by atoms with Crippen LogP contribution in [0.1, 0.15) is 81.9 Å². The maximum atomic E-state index is 14.5. The fourth-order valence-electron chi connectivity index (χ4n) is 6.65. The van der Waals surface area contributed by atoms with E-state index in [9.17, 15) is 19.1 Å². The van der Waals surface area contributed by atoms with Crippen LogP contribution in [-0.4, -0.2) is 61.5 Å². The molecule has 7 rings (SSSR count). The van der Waals surface area contributed by atoms with E-state index in [-0.39, 0.29) is 49.1 Å². The number of rotatable bonds is 14. The number of ether oxygens (including phenoxy) is 3. The highest BCUT2D eigenvalue weighted by Crippen LogP contribution is 2.47. The molecule has 3 aliphatic rings. The van der Waals surface area contributed by atoms with Gasteiger partial charge in [-0.3, -0.25) is 13.9 Å². The summed E-state index contributed by atoms with van der Waals surface area (Å²) in [5.74, 6) is 0.864. The van der Waals surface area contributed by atoms with Gasteiger partial charge in [0.1, 0.15) is 5.82 Å². The van der Waals surface area contributed by atoms with Crippen molar-refractivity contribution in [2.24, 2.45) is 11.8 Å². The summed E-state index contributed by atoms with van der Waals surface area (Å²) in [4.78, 5) is 37.3. The Morgan fingerprint density at radius 3 is 2.54 bits per heavy atom. The standard InChI is InChI=1S/C36H44FN5O6/c1-22(2)42-33-31(35(44)40(36(42)45)15-5-17-47-30-6-3-4-16-46-30)41(19-23-9-11-25(12-10-23)28-18-26(28)20-43)32(39-33)27-13-14-29(37)38-34(27)48-21-24-7-8-24/h9-14,22,24,26,28,30,43H,3-8,15-21H2,1-2H3. The topological polar surface area (TPSA) is 123 Å². The molecule has 1 aliphatic heterocycles. The van der Waals surface area contributed by atoms with Crippen LogP contribution in [0.25, 0.3) is 22.6 Å². The molecule has 3 fully saturated rings. The number of nitrogens with zero attached hydrogens (tertiary/aromatic N) is 5. The maximum absolute atomic E-state index is 14.5. The molecule has 0 bridgehead atoms. The Hall–Kier alpha value is -3.87. The first-order valence-electron chi connectivity index (χ1n) is 17.3. The Morgan fingerprint density at radius 1 is 1.04 bits per heavy atom. The molecule has 256 valence electrons. The van der Waals surface area contributed by atoms with Gasteiger partial charge in [-0.2, -0.15) is 9.37 Å². The third-order valence-electron chi connectivity index (χ3n) is 9.67. The molecule has 0 amide bonds. The van der Waals surface area contributed by atoms with Gasteiger partial charge in [-0.1, -0.05) is 24.3 Å². The van der Waals surface area contributed by atoms with E-state index in [1.54, 1.807) is 15.2 Å². The Morgan fingerprint density at radius 2 is 1.85 bits per heavy atom. The molecule has 12 heteroatoms. The summed E-state index contributed by atoms with van der Waals surface area (Å²) in [6.07, 6.45) is 6.19. The van der Waals surface area contributed by atoms with Crippen molar-refractivity contribution in [2.45, 2.75) is 90.1 Å². The molecular weight excluding hydrogens is 617 g/mol. The van der Waals surface area contributed by atoms with E-state index in [2.05, 4.69) is 17.1 Å². The quantitative estimate of drug-likeness (QED) is 0.148. The third-order valence-corrected chi connectivity index (χ3v) is 9.67. The van der Waals surface area contributed by atoms with Gasteiger partial charge in [-0.15, -0.1) is 0 Å². The first-order chi connectivity index (χ1) is 23.3. The Labute approximate surface area is 278 Å². The van der Waals surface area contributed by atoms with E-state index in [0.29, 0.717) is 55.4 Å². The zero-order valence-electron chi connectivity index (χ0n) is 27.6. The molecule has 4 heterocycles. The molecule has 2 aliphatic carbocycles. The molecule has 0 radical (unpaired) electrons. The molecule has 1 aromatic carbocycles. The molecule has 0 spiro atoms. The smallest absolute Gasteiger partial charge is 0.332 e. The summed E-state index contributed by atoms with van der Waals surface area (Å²) in [5.41, 5.74) is 2.19. The lowest BCUT2D eigenvalue weighted by atomic mass is 10.1. The summed E-state index contributed by atoms with van der Waals surface area (Å²) in [6.45, 7) is 5.84. The van der Waals surface area contributed by atoms with Crippen molar-refractivity contribution in [1.29, 1.82) is 0 Å². The summed E-state index contributed by atoms with van der Waals surface area (Å²) < 4.78 is 36.7. The summed E-state index contributed by atoms with van der Waals surface area (Å²) in [6, 6.07) is 10.7. The molecular formula is C36H44FN5O6. The van der Waals surface area contributed by atoms with Gasteiger partial charge < -0.3 is 23.9 Å². The minimum atomic E-state index is -0.675. The third kappa shape index (κ3) is 6.83. The number of aliphatic hydroxyl groups excluding tert-OH is 1. The van der Waals surface area contributed by atoms with Gasteiger partial charge in [0.25, 0.3) is 5.56 Å². The van der Waals surface area contributed by atoms with Crippen LogP contribution >= 0.6 is 0 Å². The van der Waals surface area contributed by atoms with Gasteiger partial charge in [-0.05, 0) is 99.8 Å². The predicted molar refractivity (Wildman–Crippen MR) is 178 cm³/mol. The highest BCUT2D eigenvalue weighted by molar-refractivity contribution is 5.78. The number of hydrogen-bond donors (Lipinski definition) is 1. The minimum absolute atomic E-state index is 0.110. The van der Waals surface area contributed by atoms with Crippen molar-refractivity contribution < 1.29 is 23.7 Å². The lowest BCUT2D eigenvalue weighted by molar-refractivity contribution is -0.163. The molecule has 3 unspecified atom stereocenters. The van der Waals surface area contributed by atoms with E-state index < -0.39 is 17.2 Å². The van der Waals surface area contributed by atoms with Gasteiger partial charge in [0.2, 0.25) is 11.8 Å². The monoisotopic (exact) mass is 661 g/mol. The average Bonchev–Trinajstić information content (AvgIpc) is 4.02. The number of hydrogen-bond acceptors (Lipinski definition) is 8. The van der Waals surface area contributed by atoms with Gasteiger partial charge in [-0.25, -0.2) is 9.78 Å². The van der Waals surface area contributed by atoms with E-state index in [1.807, 2.05) is 26.0 Å². The number of halogens is 1. The van der Waals surface area contributed by atoms with Gasteiger partial charge in [0.05, 0.1) is 18.8 Å². The Bertz CT molecular complexity index is 1870. The minimum Gasteiger partial charge on any atom is -0.477 e. The fraction of sp³-hybridized carbons (Fsp3) is 0.556. The molecule has 2 saturated carbocycles. The van der Waals surface area contributed by atoms with Crippen LogP contribution in [0.3, 0.4) is 0 Å². The number of aliphatic hydroxyl groups is 1. The van der Waals surface area contributed by atoms with Crippen LogP contribution in [0.15, 0.2) is 46.0 Å².